The number of piperazine rings is 1. The first-order chi connectivity index (χ1) is 15.9. The average molecular weight is 456 g/mol. The fourth-order valence-electron chi connectivity index (χ4n) is 3.87. The molecule has 0 unspecified atom stereocenters. The molecular weight excluding hydrogens is 437 g/mol. The van der Waals surface area contributed by atoms with Gasteiger partial charge in [0.1, 0.15) is 12.4 Å². The molecule has 33 heavy (non-hydrogen) atoms. The van der Waals surface area contributed by atoms with E-state index in [0.29, 0.717) is 37.6 Å². The van der Waals surface area contributed by atoms with Gasteiger partial charge in [0.15, 0.2) is 0 Å². The molecule has 1 aromatic carbocycles. The predicted octanol–water partition coefficient (Wildman–Crippen LogP) is 3.45. The highest BCUT2D eigenvalue weighted by Crippen LogP contribution is 2.29. The molecule has 0 radical (unpaired) electrons. The van der Waals surface area contributed by atoms with Crippen molar-refractivity contribution in [2.24, 2.45) is 0 Å². The van der Waals surface area contributed by atoms with Crippen LogP contribution in [0.3, 0.4) is 0 Å². The van der Waals surface area contributed by atoms with Crippen molar-refractivity contribution in [3.63, 3.8) is 0 Å². The minimum atomic E-state index is -4.69. The largest absolute Gasteiger partial charge is 0.471 e. The standard InChI is InChI=1S/C22H19F3N6O2/c23-22(24,25)21-27-20(28-33-21)16-5-6-18(26-13-16)29-9-11-30(12-10-29)19(32)14-31-8-7-15-3-1-2-4-17(15)31/h1-8,13H,9-12,14H2. The van der Waals surface area contributed by atoms with E-state index < -0.39 is 12.1 Å². The minimum Gasteiger partial charge on any atom is -0.353 e. The maximum absolute atomic E-state index is 12.8. The van der Waals surface area contributed by atoms with Crippen LogP contribution in [0, 0.1) is 0 Å². The Bertz CT molecular complexity index is 1270. The van der Waals surface area contributed by atoms with Crippen molar-refractivity contribution < 1.29 is 22.5 Å². The summed E-state index contributed by atoms with van der Waals surface area (Å²) in [5, 5.41) is 4.47. The van der Waals surface area contributed by atoms with Crippen LogP contribution in [0.15, 0.2) is 59.4 Å². The van der Waals surface area contributed by atoms with E-state index in [1.54, 1.807) is 12.1 Å². The van der Waals surface area contributed by atoms with Gasteiger partial charge in [0, 0.05) is 49.7 Å². The van der Waals surface area contributed by atoms with Crippen LogP contribution < -0.4 is 4.90 Å². The van der Waals surface area contributed by atoms with Gasteiger partial charge >= 0.3 is 12.1 Å². The molecule has 0 atom stereocenters. The summed E-state index contributed by atoms with van der Waals surface area (Å²) in [7, 11) is 0. The Kier molecular flexibility index (Phi) is 5.23. The molecule has 1 amide bonds. The van der Waals surface area contributed by atoms with Gasteiger partial charge in [-0.25, -0.2) is 4.98 Å². The summed E-state index contributed by atoms with van der Waals surface area (Å²) >= 11 is 0. The van der Waals surface area contributed by atoms with Gasteiger partial charge in [-0.2, -0.15) is 18.2 Å². The normalized spacial score (nSPS) is 14.8. The van der Waals surface area contributed by atoms with Crippen molar-refractivity contribution in [3.05, 3.63) is 60.7 Å². The van der Waals surface area contributed by atoms with Crippen molar-refractivity contribution >= 4 is 22.6 Å². The average Bonchev–Trinajstić information content (AvgIpc) is 3.48. The van der Waals surface area contributed by atoms with Crippen LogP contribution in [0.5, 0.6) is 0 Å². The van der Waals surface area contributed by atoms with Gasteiger partial charge in [-0.05, 0) is 29.7 Å². The van der Waals surface area contributed by atoms with E-state index in [-0.39, 0.29) is 18.3 Å². The Morgan fingerprint density at radius 3 is 2.52 bits per heavy atom. The number of aromatic nitrogens is 4. The number of amides is 1. The molecular formula is C22H19F3N6O2. The zero-order valence-corrected chi connectivity index (χ0v) is 17.4. The molecule has 11 heteroatoms. The first-order valence-corrected chi connectivity index (χ1v) is 10.3. The highest BCUT2D eigenvalue weighted by atomic mass is 19.4. The topological polar surface area (TPSA) is 80.3 Å². The number of anilines is 1. The second-order valence-electron chi connectivity index (χ2n) is 7.70. The maximum Gasteiger partial charge on any atom is 0.471 e. The lowest BCUT2D eigenvalue weighted by Crippen LogP contribution is -2.49. The highest BCUT2D eigenvalue weighted by Gasteiger charge is 2.38. The van der Waals surface area contributed by atoms with Gasteiger partial charge in [0.05, 0.1) is 0 Å². The number of carbonyl (C=O) groups is 1. The summed E-state index contributed by atoms with van der Waals surface area (Å²) in [4.78, 5) is 24.3. The number of alkyl halides is 3. The third-order valence-corrected chi connectivity index (χ3v) is 5.62. The quantitative estimate of drug-likeness (QED) is 0.468. The molecule has 5 rings (SSSR count). The predicted molar refractivity (Wildman–Crippen MR) is 113 cm³/mol. The minimum absolute atomic E-state index is 0.0527. The second-order valence-corrected chi connectivity index (χ2v) is 7.70. The van der Waals surface area contributed by atoms with Crippen LogP contribution in [-0.2, 0) is 17.5 Å². The second kappa shape index (κ2) is 8.23. The van der Waals surface area contributed by atoms with Gasteiger partial charge in [-0.1, -0.05) is 23.4 Å². The smallest absolute Gasteiger partial charge is 0.353 e. The van der Waals surface area contributed by atoms with Crippen molar-refractivity contribution in [3.8, 4) is 11.4 Å². The van der Waals surface area contributed by atoms with E-state index in [1.165, 1.54) is 6.20 Å². The number of rotatable bonds is 4. The molecule has 0 bridgehead atoms. The summed E-state index contributed by atoms with van der Waals surface area (Å²) in [5.74, 6) is -0.844. The third kappa shape index (κ3) is 4.26. The molecule has 1 saturated heterocycles. The number of halogens is 3. The molecule has 0 aliphatic carbocycles. The number of fused-ring (bicyclic) bond motifs is 1. The molecule has 4 aromatic rings. The summed E-state index contributed by atoms with van der Waals surface area (Å²) in [5.41, 5.74) is 1.35. The van der Waals surface area contributed by atoms with Crippen LogP contribution in [0.2, 0.25) is 0 Å². The van der Waals surface area contributed by atoms with Crippen LogP contribution in [0.1, 0.15) is 5.89 Å². The Morgan fingerprint density at radius 2 is 1.82 bits per heavy atom. The van der Waals surface area contributed by atoms with Crippen molar-refractivity contribution in [2.75, 3.05) is 31.1 Å². The monoisotopic (exact) mass is 456 g/mol. The lowest BCUT2D eigenvalue weighted by molar-refractivity contribution is -0.159. The number of carbonyl (C=O) groups excluding carboxylic acids is 1. The van der Waals surface area contributed by atoms with Crippen molar-refractivity contribution in [2.45, 2.75) is 12.7 Å². The molecule has 170 valence electrons. The van der Waals surface area contributed by atoms with E-state index in [4.69, 9.17) is 0 Å². The lowest BCUT2D eigenvalue weighted by atomic mass is 10.2. The lowest BCUT2D eigenvalue weighted by Gasteiger charge is -2.35. The third-order valence-electron chi connectivity index (χ3n) is 5.62. The van der Waals surface area contributed by atoms with E-state index in [2.05, 4.69) is 19.6 Å². The van der Waals surface area contributed by atoms with Crippen molar-refractivity contribution in [1.82, 2.24) is 24.6 Å². The number of nitrogens with zero attached hydrogens (tertiary/aromatic N) is 6. The Labute approximate surface area is 186 Å². The molecule has 8 nitrogen and oxygen atoms in total. The van der Waals surface area contributed by atoms with E-state index in [9.17, 15) is 18.0 Å². The van der Waals surface area contributed by atoms with Gasteiger partial charge in [0.2, 0.25) is 11.7 Å². The number of hydrogen-bond donors (Lipinski definition) is 0. The van der Waals surface area contributed by atoms with Gasteiger partial charge in [0.25, 0.3) is 0 Å². The Hall–Kier alpha value is -3.89. The highest BCUT2D eigenvalue weighted by molar-refractivity contribution is 5.83. The van der Waals surface area contributed by atoms with Gasteiger partial charge < -0.3 is 18.9 Å². The fraction of sp³-hybridized carbons (Fsp3) is 0.273. The Morgan fingerprint density at radius 1 is 1.03 bits per heavy atom. The molecule has 1 aliphatic rings. The van der Waals surface area contributed by atoms with Gasteiger partial charge in [-0.3, -0.25) is 4.79 Å². The van der Waals surface area contributed by atoms with E-state index in [1.807, 2.05) is 50.9 Å². The summed E-state index contributed by atoms with van der Waals surface area (Å²) in [6.45, 7) is 2.60. The van der Waals surface area contributed by atoms with Crippen LogP contribution in [0.4, 0.5) is 19.0 Å². The van der Waals surface area contributed by atoms with Crippen LogP contribution in [0.25, 0.3) is 22.3 Å². The first kappa shape index (κ1) is 21.0. The molecule has 0 saturated carbocycles. The first-order valence-electron chi connectivity index (χ1n) is 10.3. The van der Waals surface area contributed by atoms with E-state index in [0.717, 1.165) is 10.9 Å². The Balaban J connectivity index is 1.19. The maximum atomic E-state index is 12.8. The number of benzene rings is 1. The van der Waals surface area contributed by atoms with Crippen LogP contribution >= 0.6 is 0 Å². The molecule has 3 aromatic heterocycles. The number of hydrogen-bond acceptors (Lipinski definition) is 6. The molecule has 4 heterocycles. The zero-order chi connectivity index (χ0) is 23.0. The summed E-state index contributed by atoms with van der Waals surface area (Å²) < 4.78 is 44.1. The SMILES string of the molecule is O=C(Cn1ccc2ccccc21)N1CCN(c2ccc(-c3noc(C(F)(F)F)n3)cn2)CC1. The fourth-order valence-corrected chi connectivity index (χ4v) is 3.87. The summed E-state index contributed by atoms with van der Waals surface area (Å²) in [6, 6.07) is 13.2. The van der Waals surface area contributed by atoms with Crippen molar-refractivity contribution in [1.29, 1.82) is 0 Å². The zero-order valence-electron chi connectivity index (χ0n) is 17.4. The number of pyridine rings is 1. The molecule has 1 aliphatic heterocycles. The summed E-state index contributed by atoms with van der Waals surface area (Å²) in [6.07, 6.45) is -1.36. The van der Waals surface area contributed by atoms with Crippen LogP contribution in [-0.4, -0.2) is 56.7 Å². The molecule has 0 spiro atoms. The molecule has 1 fully saturated rings. The molecule has 0 N–H and O–H groups in total. The number of para-hydroxylation sites is 1. The van der Waals surface area contributed by atoms with Gasteiger partial charge in [-0.15, -0.1) is 0 Å². The van der Waals surface area contributed by atoms with E-state index >= 15 is 0 Å².